The van der Waals surface area contributed by atoms with Crippen LogP contribution in [-0.4, -0.2) is 57.9 Å². The summed E-state index contributed by atoms with van der Waals surface area (Å²) in [7, 11) is 3.21. The van der Waals surface area contributed by atoms with Gasteiger partial charge in [-0.05, 0) is 35.9 Å². The van der Waals surface area contributed by atoms with Crippen molar-refractivity contribution in [2.75, 3.05) is 47.1 Å². The van der Waals surface area contributed by atoms with Gasteiger partial charge in [0.2, 0.25) is 0 Å². The van der Waals surface area contributed by atoms with Crippen molar-refractivity contribution >= 4 is 29.1 Å². The summed E-state index contributed by atoms with van der Waals surface area (Å²) in [5, 5.41) is 3.81. The fraction of sp³-hybridized carbons (Fsp3) is 0.381. The minimum Gasteiger partial charge on any atom is -0.493 e. The van der Waals surface area contributed by atoms with E-state index >= 15 is 0 Å². The van der Waals surface area contributed by atoms with Crippen LogP contribution in [-0.2, 0) is 4.74 Å². The number of nitrogens with zero attached hydrogens (tertiary/aromatic N) is 1. The van der Waals surface area contributed by atoms with E-state index in [0.717, 1.165) is 18.7 Å². The van der Waals surface area contributed by atoms with Crippen molar-refractivity contribution in [3.05, 3.63) is 57.6 Å². The van der Waals surface area contributed by atoms with E-state index in [4.69, 9.17) is 37.4 Å². The summed E-state index contributed by atoms with van der Waals surface area (Å²) in [6.45, 7) is 3.27. The molecule has 0 aromatic heterocycles. The van der Waals surface area contributed by atoms with Crippen molar-refractivity contribution in [2.24, 2.45) is 0 Å². The number of halogens is 2. The van der Waals surface area contributed by atoms with Crippen LogP contribution in [0.1, 0.15) is 22.0 Å². The molecule has 2 aromatic rings. The molecule has 29 heavy (non-hydrogen) atoms. The summed E-state index contributed by atoms with van der Waals surface area (Å²) in [4.78, 5) is 15.0. The molecule has 0 bridgehead atoms. The van der Waals surface area contributed by atoms with E-state index in [1.807, 2.05) is 18.2 Å². The number of benzene rings is 2. The summed E-state index contributed by atoms with van der Waals surface area (Å²) in [6, 6.07) is 10.6. The fourth-order valence-electron chi connectivity index (χ4n) is 3.37. The second-order valence-corrected chi connectivity index (χ2v) is 7.46. The van der Waals surface area contributed by atoms with Gasteiger partial charge >= 0.3 is 0 Å². The Hall–Kier alpha value is -1.99. The number of hydrogen-bond acceptors (Lipinski definition) is 5. The average molecular weight is 439 g/mol. The maximum absolute atomic E-state index is 12.7. The van der Waals surface area contributed by atoms with E-state index in [1.54, 1.807) is 32.4 Å². The van der Waals surface area contributed by atoms with Crippen molar-refractivity contribution in [1.82, 2.24) is 10.2 Å². The molecule has 1 fully saturated rings. The van der Waals surface area contributed by atoms with Crippen LogP contribution in [0.4, 0.5) is 0 Å². The van der Waals surface area contributed by atoms with Crippen LogP contribution in [0.2, 0.25) is 10.0 Å². The normalized spacial score (nSPS) is 15.6. The van der Waals surface area contributed by atoms with Gasteiger partial charge in [-0.25, -0.2) is 0 Å². The number of morpholine rings is 1. The molecule has 1 amide bonds. The lowest BCUT2D eigenvalue weighted by Crippen LogP contribution is -2.43. The van der Waals surface area contributed by atoms with Crippen molar-refractivity contribution in [3.63, 3.8) is 0 Å². The van der Waals surface area contributed by atoms with Gasteiger partial charge in [-0.1, -0.05) is 29.3 Å². The first-order valence-corrected chi connectivity index (χ1v) is 10.1. The van der Waals surface area contributed by atoms with Crippen LogP contribution >= 0.6 is 23.2 Å². The molecule has 0 radical (unpaired) electrons. The van der Waals surface area contributed by atoms with Crippen molar-refractivity contribution in [3.8, 4) is 11.5 Å². The monoisotopic (exact) mass is 438 g/mol. The maximum atomic E-state index is 12.7. The van der Waals surface area contributed by atoms with E-state index in [9.17, 15) is 4.79 Å². The summed E-state index contributed by atoms with van der Waals surface area (Å²) in [5.41, 5.74) is 1.41. The topological polar surface area (TPSA) is 60.0 Å². The lowest BCUT2D eigenvalue weighted by Gasteiger charge is -2.35. The number of carbonyl (C=O) groups excluding carboxylic acids is 1. The van der Waals surface area contributed by atoms with Gasteiger partial charge in [0.1, 0.15) is 0 Å². The molecule has 1 aliphatic heterocycles. The Morgan fingerprint density at radius 2 is 1.83 bits per heavy atom. The highest BCUT2D eigenvalue weighted by Gasteiger charge is 2.25. The first kappa shape index (κ1) is 21.7. The predicted octanol–water partition coefficient (Wildman–Crippen LogP) is 3.81. The van der Waals surface area contributed by atoms with Gasteiger partial charge in [0.15, 0.2) is 11.5 Å². The molecule has 1 atom stereocenters. The molecule has 1 saturated heterocycles. The molecular formula is C21H24Cl2N2O4. The average Bonchev–Trinajstić information content (AvgIpc) is 2.74. The van der Waals surface area contributed by atoms with E-state index in [-0.39, 0.29) is 11.9 Å². The van der Waals surface area contributed by atoms with Crippen LogP contribution in [0.3, 0.4) is 0 Å². The molecule has 0 spiro atoms. The quantitative estimate of drug-likeness (QED) is 0.711. The zero-order valence-corrected chi connectivity index (χ0v) is 17.9. The van der Waals surface area contributed by atoms with E-state index in [0.29, 0.717) is 46.9 Å². The Bertz CT molecular complexity index is 857. The SMILES string of the molecule is COc1ccc([C@@H](CNC(=O)c2ccc(Cl)cc2Cl)N2CCOCC2)cc1OC. The third-order valence-corrected chi connectivity index (χ3v) is 5.46. The Labute approximate surface area is 180 Å². The minimum absolute atomic E-state index is 0.0475. The van der Waals surface area contributed by atoms with Crippen molar-refractivity contribution in [1.29, 1.82) is 0 Å². The highest BCUT2D eigenvalue weighted by Crippen LogP contribution is 2.32. The lowest BCUT2D eigenvalue weighted by molar-refractivity contribution is 0.0162. The third-order valence-electron chi connectivity index (χ3n) is 4.91. The first-order valence-electron chi connectivity index (χ1n) is 9.30. The summed E-state index contributed by atoms with van der Waals surface area (Å²) < 4.78 is 16.3. The van der Waals surface area contributed by atoms with Crippen LogP contribution < -0.4 is 14.8 Å². The number of ether oxygens (including phenoxy) is 3. The van der Waals surface area contributed by atoms with Crippen molar-refractivity contribution < 1.29 is 19.0 Å². The fourth-order valence-corrected chi connectivity index (χ4v) is 3.86. The molecule has 8 heteroatoms. The maximum Gasteiger partial charge on any atom is 0.252 e. The molecular weight excluding hydrogens is 415 g/mol. The van der Waals surface area contributed by atoms with E-state index in [1.165, 1.54) is 0 Å². The predicted molar refractivity (Wildman–Crippen MR) is 113 cm³/mol. The Morgan fingerprint density at radius 1 is 1.10 bits per heavy atom. The summed E-state index contributed by atoms with van der Waals surface area (Å²) in [5.74, 6) is 1.06. The van der Waals surface area contributed by atoms with Crippen LogP contribution in [0.15, 0.2) is 36.4 Å². The number of hydrogen-bond donors (Lipinski definition) is 1. The lowest BCUT2D eigenvalue weighted by atomic mass is 10.0. The largest absolute Gasteiger partial charge is 0.493 e. The van der Waals surface area contributed by atoms with Gasteiger partial charge in [0.25, 0.3) is 5.91 Å². The molecule has 6 nitrogen and oxygen atoms in total. The van der Waals surface area contributed by atoms with Gasteiger partial charge in [-0.3, -0.25) is 9.69 Å². The summed E-state index contributed by atoms with van der Waals surface area (Å²) in [6.07, 6.45) is 0. The standard InChI is InChI=1S/C21H24Cl2N2O4/c1-27-19-6-3-14(11-20(19)28-2)18(25-7-9-29-10-8-25)13-24-21(26)16-5-4-15(22)12-17(16)23/h3-6,11-12,18H,7-10,13H2,1-2H3,(H,24,26)/t18-/m1/s1. The highest BCUT2D eigenvalue weighted by atomic mass is 35.5. The zero-order valence-electron chi connectivity index (χ0n) is 16.4. The molecule has 1 aliphatic rings. The third kappa shape index (κ3) is 5.34. The van der Waals surface area contributed by atoms with Crippen LogP contribution in [0.5, 0.6) is 11.5 Å². The number of nitrogens with one attached hydrogen (secondary N) is 1. The van der Waals surface area contributed by atoms with E-state index in [2.05, 4.69) is 10.2 Å². The Balaban J connectivity index is 1.81. The molecule has 0 unspecified atom stereocenters. The molecule has 1 N–H and O–H groups in total. The highest BCUT2D eigenvalue weighted by molar-refractivity contribution is 6.36. The minimum atomic E-state index is -0.245. The molecule has 2 aromatic carbocycles. The van der Waals surface area contributed by atoms with Crippen LogP contribution in [0, 0.1) is 0 Å². The summed E-state index contributed by atoms with van der Waals surface area (Å²) >= 11 is 12.1. The first-order chi connectivity index (χ1) is 14.0. The van der Waals surface area contributed by atoms with Gasteiger partial charge in [-0.2, -0.15) is 0 Å². The van der Waals surface area contributed by atoms with Gasteiger partial charge in [-0.15, -0.1) is 0 Å². The second kappa shape index (κ2) is 10.2. The van der Waals surface area contributed by atoms with Gasteiger partial charge in [0.05, 0.1) is 44.1 Å². The van der Waals surface area contributed by atoms with Crippen LogP contribution in [0.25, 0.3) is 0 Å². The van der Waals surface area contributed by atoms with Crippen molar-refractivity contribution in [2.45, 2.75) is 6.04 Å². The number of carbonyl (C=O) groups is 1. The second-order valence-electron chi connectivity index (χ2n) is 6.61. The Kier molecular flexibility index (Phi) is 7.61. The van der Waals surface area contributed by atoms with Gasteiger partial charge in [0, 0.05) is 24.7 Å². The molecule has 0 saturated carbocycles. The number of rotatable bonds is 7. The molecule has 1 heterocycles. The number of methoxy groups -OCH3 is 2. The molecule has 0 aliphatic carbocycles. The van der Waals surface area contributed by atoms with E-state index < -0.39 is 0 Å². The number of amides is 1. The molecule has 156 valence electrons. The molecule has 3 rings (SSSR count). The zero-order chi connectivity index (χ0) is 20.8. The van der Waals surface area contributed by atoms with Gasteiger partial charge < -0.3 is 19.5 Å². The smallest absolute Gasteiger partial charge is 0.252 e. The Morgan fingerprint density at radius 3 is 2.48 bits per heavy atom.